The first-order chi connectivity index (χ1) is 8.99. The van der Waals surface area contributed by atoms with E-state index in [1.54, 1.807) is 12.0 Å². The van der Waals surface area contributed by atoms with Crippen molar-refractivity contribution < 1.29 is 9.53 Å². The van der Waals surface area contributed by atoms with Crippen LogP contribution in [-0.4, -0.2) is 38.1 Å². The highest BCUT2D eigenvalue weighted by molar-refractivity contribution is 5.76. The van der Waals surface area contributed by atoms with Crippen LogP contribution in [0.15, 0.2) is 12.1 Å². The molecule has 0 aliphatic rings. The Labute approximate surface area is 115 Å². The maximum Gasteiger partial charge on any atom is 0.223 e. The van der Waals surface area contributed by atoms with Crippen molar-refractivity contribution in [2.45, 2.75) is 26.7 Å². The summed E-state index contributed by atoms with van der Waals surface area (Å²) in [7, 11) is 3.51. The Bertz CT molecular complexity index is 421. The minimum Gasteiger partial charge on any atom is -0.496 e. The molecule has 0 bridgehead atoms. The Balaban J connectivity index is 2.66. The number of hydrogen-bond donors (Lipinski definition) is 1. The van der Waals surface area contributed by atoms with Gasteiger partial charge in [-0.25, -0.2) is 0 Å². The first-order valence-electron chi connectivity index (χ1n) is 6.57. The highest BCUT2D eigenvalue weighted by Crippen LogP contribution is 2.24. The van der Waals surface area contributed by atoms with Crippen LogP contribution in [0.2, 0.25) is 0 Å². The van der Waals surface area contributed by atoms with E-state index < -0.39 is 0 Å². The van der Waals surface area contributed by atoms with E-state index in [1.165, 1.54) is 5.56 Å². The van der Waals surface area contributed by atoms with E-state index in [0.717, 1.165) is 23.3 Å². The summed E-state index contributed by atoms with van der Waals surface area (Å²) in [5.74, 6) is 1.04. The number of methoxy groups -OCH3 is 1. The summed E-state index contributed by atoms with van der Waals surface area (Å²) in [6, 6.07) is 4.24. The molecule has 4 nitrogen and oxygen atoms in total. The number of carbonyl (C=O) groups is 1. The van der Waals surface area contributed by atoms with Gasteiger partial charge < -0.3 is 15.4 Å². The molecule has 0 fully saturated rings. The highest BCUT2D eigenvalue weighted by atomic mass is 16.5. The van der Waals surface area contributed by atoms with Crippen LogP contribution in [0.25, 0.3) is 0 Å². The minimum atomic E-state index is 0.101. The third kappa shape index (κ3) is 4.24. The fourth-order valence-corrected chi connectivity index (χ4v) is 2.24. The molecular formula is C15H24N2O2. The Hall–Kier alpha value is -1.55. The van der Waals surface area contributed by atoms with Gasteiger partial charge in [-0.3, -0.25) is 4.79 Å². The van der Waals surface area contributed by atoms with Gasteiger partial charge in [-0.15, -0.1) is 0 Å². The number of likely N-dealkylation sites (N-methyl/N-ethyl adjacent to an activating group) is 1. The largest absolute Gasteiger partial charge is 0.496 e. The van der Waals surface area contributed by atoms with Crippen molar-refractivity contribution in [3.63, 3.8) is 0 Å². The molecule has 0 saturated carbocycles. The second-order valence-corrected chi connectivity index (χ2v) is 4.87. The fraction of sp³-hybridized carbons (Fsp3) is 0.533. The van der Waals surface area contributed by atoms with E-state index in [0.29, 0.717) is 19.5 Å². The Morgan fingerprint density at radius 1 is 1.32 bits per heavy atom. The van der Waals surface area contributed by atoms with Crippen molar-refractivity contribution >= 4 is 5.91 Å². The van der Waals surface area contributed by atoms with Crippen molar-refractivity contribution in [2.24, 2.45) is 5.73 Å². The number of ether oxygens (including phenoxy) is 1. The fourth-order valence-electron chi connectivity index (χ4n) is 2.24. The summed E-state index contributed by atoms with van der Waals surface area (Å²) in [4.78, 5) is 13.4. The first-order valence-corrected chi connectivity index (χ1v) is 6.57. The van der Waals surface area contributed by atoms with Crippen molar-refractivity contribution in [3.8, 4) is 5.75 Å². The van der Waals surface area contributed by atoms with Crippen LogP contribution in [0, 0.1) is 13.8 Å². The molecular weight excluding hydrogens is 240 g/mol. The van der Waals surface area contributed by atoms with E-state index in [4.69, 9.17) is 10.5 Å². The Morgan fingerprint density at radius 3 is 2.37 bits per heavy atom. The molecule has 0 aliphatic heterocycles. The summed E-state index contributed by atoms with van der Waals surface area (Å²) in [6.45, 7) is 5.20. The average molecular weight is 264 g/mol. The predicted octanol–water partition coefficient (Wildman–Crippen LogP) is 1.66. The van der Waals surface area contributed by atoms with Gasteiger partial charge in [0, 0.05) is 26.6 Å². The number of aryl methyl sites for hydroxylation is 2. The molecule has 0 radical (unpaired) electrons. The van der Waals surface area contributed by atoms with Gasteiger partial charge in [-0.1, -0.05) is 12.1 Å². The molecule has 1 rings (SSSR count). The smallest absolute Gasteiger partial charge is 0.223 e. The molecule has 1 aromatic rings. The Kier molecular flexibility index (Phi) is 5.83. The van der Waals surface area contributed by atoms with Gasteiger partial charge in [0.25, 0.3) is 0 Å². The van der Waals surface area contributed by atoms with Gasteiger partial charge >= 0.3 is 0 Å². The van der Waals surface area contributed by atoms with Gasteiger partial charge in [-0.05, 0) is 37.0 Å². The first kappa shape index (κ1) is 15.5. The molecule has 19 heavy (non-hydrogen) atoms. The zero-order valence-corrected chi connectivity index (χ0v) is 12.3. The molecule has 0 aromatic heterocycles. The minimum absolute atomic E-state index is 0.101. The van der Waals surface area contributed by atoms with E-state index >= 15 is 0 Å². The van der Waals surface area contributed by atoms with Crippen LogP contribution in [0.5, 0.6) is 5.75 Å². The standard InChI is InChI=1S/C15H24N2O2/c1-11-9-13(10-12(2)15(11)19-4)6-8-17(3)14(18)5-7-16/h9-10H,5-8,16H2,1-4H3. The molecule has 0 aliphatic carbocycles. The molecule has 0 unspecified atom stereocenters. The molecule has 1 aromatic carbocycles. The topological polar surface area (TPSA) is 55.6 Å². The van der Waals surface area contributed by atoms with Crippen LogP contribution in [0.1, 0.15) is 23.1 Å². The quantitative estimate of drug-likeness (QED) is 0.850. The van der Waals surface area contributed by atoms with Gasteiger partial charge in [0.2, 0.25) is 5.91 Å². The second kappa shape index (κ2) is 7.14. The van der Waals surface area contributed by atoms with Gasteiger partial charge in [-0.2, -0.15) is 0 Å². The van der Waals surface area contributed by atoms with Crippen LogP contribution < -0.4 is 10.5 Å². The van der Waals surface area contributed by atoms with E-state index in [9.17, 15) is 4.79 Å². The zero-order valence-electron chi connectivity index (χ0n) is 12.3. The summed E-state index contributed by atoms with van der Waals surface area (Å²) < 4.78 is 5.35. The Morgan fingerprint density at radius 2 is 1.89 bits per heavy atom. The zero-order chi connectivity index (χ0) is 14.4. The van der Waals surface area contributed by atoms with Gasteiger partial charge in [0.1, 0.15) is 5.75 Å². The molecule has 0 saturated heterocycles. The predicted molar refractivity (Wildman–Crippen MR) is 77.5 cm³/mol. The summed E-state index contributed by atoms with van der Waals surface area (Å²) >= 11 is 0. The van der Waals surface area contributed by atoms with Crippen LogP contribution in [0.3, 0.4) is 0 Å². The third-order valence-electron chi connectivity index (χ3n) is 3.24. The molecule has 106 valence electrons. The molecule has 2 N–H and O–H groups in total. The molecule has 4 heteroatoms. The third-order valence-corrected chi connectivity index (χ3v) is 3.24. The highest BCUT2D eigenvalue weighted by Gasteiger charge is 2.09. The number of nitrogens with zero attached hydrogens (tertiary/aromatic N) is 1. The number of benzene rings is 1. The van der Waals surface area contributed by atoms with E-state index in [1.807, 2.05) is 20.9 Å². The molecule has 1 amide bonds. The van der Waals surface area contributed by atoms with Crippen LogP contribution in [-0.2, 0) is 11.2 Å². The number of hydrogen-bond acceptors (Lipinski definition) is 3. The van der Waals surface area contributed by atoms with Crippen LogP contribution in [0.4, 0.5) is 0 Å². The number of nitrogens with two attached hydrogens (primary N) is 1. The van der Waals surface area contributed by atoms with Crippen molar-refractivity contribution in [1.82, 2.24) is 4.90 Å². The van der Waals surface area contributed by atoms with Crippen molar-refractivity contribution in [2.75, 3.05) is 27.2 Å². The maximum absolute atomic E-state index is 11.6. The van der Waals surface area contributed by atoms with Gasteiger partial charge in [0.05, 0.1) is 7.11 Å². The summed E-state index contributed by atoms with van der Waals surface area (Å²) in [5, 5.41) is 0. The monoisotopic (exact) mass is 264 g/mol. The number of rotatable bonds is 6. The summed E-state index contributed by atoms with van der Waals surface area (Å²) in [5.41, 5.74) is 8.88. The average Bonchev–Trinajstić information content (AvgIpc) is 2.36. The lowest BCUT2D eigenvalue weighted by Crippen LogP contribution is -2.30. The molecule has 0 spiro atoms. The van der Waals surface area contributed by atoms with E-state index in [-0.39, 0.29) is 5.91 Å². The number of carbonyl (C=O) groups excluding carboxylic acids is 1. The summed E-state index contributed by atoms with van der Waals surface area (Å²) in [6.07, 6.45) is 1.26. The lowest BCUT2D eigenvalue weighted by Gasteiger charge is -2.17. The maximum atomic E-state index is 11.6. The normalized spacial score (nSPS) is 10.4. The lowest BCUT2D eigenvalue weighted by atomic mass is 10.0. The molecule has 0 heterocycles. The van der Waals surface area contributed by atoms with Crippen LogP contribution >= 0.6 is 0 Å². The van der Waals surface area contributed by atoms with Crippen molar-refractivity contribution in [1.29, 1.82) is 0 Å². The molecule has 0 atom stereocenters. The SMILES string of the molecule is COc1c(C)cc(CCN(C)C(=O)CCN)cc1C. The number of amides is 1. The lowest BCUT2D eigenvalue weighted by molar-refractivity contribution is -0.129. The van der Waals surface area contributed by atoms with Crippen molar-refractivity contribution in [3.05, 3.63) is 28.8 Å². The van der Waals surface area contributed by atoms with Gasteiger partial charge in [0.15, 0.2) is 0 Å². The second-order valence-electron chi connectivity index (χ2n) is 4.87. The van der Waals surface area contributed by atoms with E-state index in [2.05, 4.69) is 12.1 Å².